The molecule has 1 amide bonds. The summed E-state index contributed by atoms with van der Waals surface area (Å²) < 4.78 is 2.02. The number of amides is 1. The average Bonchev–Trinajstić information content (AvgIpc) is 4.07. The lowest BCUT2D eigenvalue weighted by Gasteiger charge is -1.99. The third-order valence-electron chi connectivity index (χ3n) is 8.52. The lowest BCUT2D eigenvalue weighted by molar-refractivity contribution is -0.115. The Balaban J connectivity index is 0.000000184. The number of nitrogens with zero attached hydrogens (tertiary/aromatic N) is 9. The summed E-state index contributed by atoms with van der Waals surface area (Å²) in [5.41, 5.74) is 15.3. The zero-order chi connectivity index (χ0) is 43.3. The van der Waals surface area contributed by atoms with E-state index in [0.29, 0.717) is 10.3 Å². The smallest absolute Gasteiger partial charge is 0.209 e. The second-order valence-corrected chi connectivity index (χ2v) is 17.1. The molecule has 4 N–H and O–H groups in total. The molecule has 4 aromatic carbocycles. The SMILES string of the molecule is C/C(=N\Nc1nc(C)c(N=Nc2ccc(Br)cc2)s1)c1c[nH]c2ccccc12.C/C(=N\Nc1nc(C)c(N=Nc2ccc(Br)cc2)s1)c1c[nH]c2ccccc12.CN(C)C=O. The molecule has 0 atom stereocenters. The number of hydrogen-bond acceptors (Lipinski definition) is 13. The highest BCUT2D eigenvalue weighted by Crippen LogP contribution is 2.34. The van der Waals surface area contributed by atoms with Gasteiger partial charge in [-0.2, -0.15) is 10.2 Å². The van der Waals surface area contributed by atoms with Gasteiger partial charge in [-0.15, -0.1) is 20.5 Å². The third-order valence-corrected chi connectivity index (χ3v) is 11.5. The first-order chi connectivity index (χ1) is 29.5. The van der Waals surface area contributed by atoms with Gasteiger partial charge in [-0.3, -0.25) is 15.6 Å². The first-order valence-corrected chi connectivity index (χ1v) is 21.8. The Labute approximate surface area is 377 Å². The molecule has 0 spiro atoms. The van der Waals surface area contributed by atoms with E-state index in [2.05, 4.69) is 105 Å². The van der Waals surface area contributed by atoms with Crippen LogP contribution in [0.4, 0.5) is 31.6 Å². The molecule has 4 aromatic heterocycles. The molecule has 0 unspecified atom stereocenters. The quantitative estimate of drug-likeness (QED) is 0.0436. The summed E-state index contributed by atoms with van der Waals surface area (Å²) in [6.07, 6.45) is 4.69. The molecular formula is C43H41Br2N13OS2. The molecule has 18 heteroatoms. The van der Waals surface area contributed by atoms with Crippen LogP contribution in [0.1, 0.15) is 36.4 Å². The molecule has 0 aliphatic heterocycles. The number of hydrazone groups is 2. The highest BCUT2D eigenvalue weighted by atomic mass is 79.9. The maximum atomic E-state index is 9.43. The highest BCUT2D eigenvalue weighted by Gasteiger charge is 2.11. The largest absolute Gasteiger partial charge is 0.360 e. The van der Waals surface area contributed by atoms with Crippen LogP contribution < -0.4 is 10.9 Å². The van der Waals surface area contributed by atoms with Gasteiger partial charge < -0.3 is 14.9 Å². The molecule has 0 radical (unpaired) electrons. The fourth-order valence-corrected chi connectivity index (χ4v) is 7.40. The van der Waals surface area contributed by atoms with Crippen molar-refractivity contribution in [3.05, 3.63) is 141 Å². The number of benzene rings is 4. The van der Waals surface area contributed by atoms with Crippen LogP contribution in [-0.2, 0) is 4.79 Å². The molecule has 4 heterocycles. The van der Waals surface area contributed by atoms with Gasteiger partial charge in [0.2, 0.25) is 16.7 Å². The Morgan fingerprint density at radius 3 is 1.38 bits per heavy atom. The number of halogens is 2. The lowest BCUT2D eigenvalue weighted by atomic mass is 10.1. The number of para-hydroxylation sites is 2. The molecule has 0 aliphatic rings. The summed E-state index contributed by atoms with van der Waals surface area (Å²) in [4.78, 5) is 26.4. The summed E-state index contributed by atoms with van der Waals surface area (Å²) in [6.45, 7) is 7.76. The molecule has 0 fully saturated rings. The first kappa shape index (κ1) is 44.3. The average molecular weight is 980 g/mol. The molecule has 8 aromatic rings. The van der Waals surface area contributed by atoms with Crippen molar-refractivity contribution < 1.29 is 4.79 Å². The van der Waals surface area contributed by atoms with Crippen molar-refractivity contribution >= 4 is 126 Å². The van der Waals surface area contributed by atoms with Crippen LogP contribution in [0, 0.1) is 13.8 Å². The van der Waals surface area contributed by atoms with Crippen LogP contribution in [0.3, 0.4) is 0 Å². The Morgan fingerprint density at radius 2 is 1.00 bits per heavy atom. The zero-order valence-corrected chi connectivity index (χ0v) is 38.8. The zero-order valence-electron chi connectivity index (χ0n) is 34.0. The first-order valence-electron chi connectivity index (χ1n) is 18.6. The van der Waals surface area contributed by atoms with E-state index in [9.17, 15) is 4.79 Å². The minimum Gasteiger partial charge on any atom is -0.360 e. The van der Waals surface area contributed by atoms with Crippen LogP contribution in [0.25, 0.3) is 21.8 Å². The maximum Gasteiger partial charge on any atom is 0.209 e. The monoisotopic (exact) mass is 977 g/mol. The number of carbonyl (C=O) groups excluding carboxylic acids is 1. The van der Waals surface area contributed by atoms with Crippen molar-refractivity contribution in [1.82, 2.24) is 24.8 Å². The Bertz CT molecular complexity index is 2650. The van der Waals surface area contributed by atoms with Gasteiger partial charge in [0.25, 0.3) is 0 Å². The van der Waals surface area contributed by atoms with E-state index >= 15 is 0 Å². The second kappa shape index (κ2) is 21.4. The van der Waals surface area contributed by atoms with Gasteiger partial charge in [-0.25, -0.2) is 9.97 Å². The van der Waals surface area contributed by atoms with E-state index in [1.165, 1.54) is 27.6 Å². The Morgan fingerprint density at radius 1 is 0.623 bits per heavy atom. The van der Waals surface area contributed by atoms with Crippen LogP contribution in [0.5, 0.6) is 0 Å². The summed E-state index contributed by atoms with van der Waals surface area (Å²) in [5, 5.41) is 31.3. The fraction of sp³-hybridized carbons (Fsp3) is 0.140. The van der Waals surface area contributed by atoms with Crippen LogP contribution in [0.2, 0.25) is 0 Å². The molecule has 0 aliphatic carbocycles. The molecule has 61 heavy (non-hydrogen) atoms. The van der Waals surface area contributed by atoms with Crippen LogP contribution >= 0.6 is 54.5 Å². The number of aromatic nitrogens is 4. The molecule has 310 valence electrons. The number of anilines is 2. The summed E-state index contributed by atoms with van der Waals surface area (Å²) in [5.74, 6) is 0. The Kier molecular flexibility index (Phi) is 15.5. The van der Waals surface area contributed by atoms with Gasteiger partial charge in [0.15, 0.2) is 10.0 Å². The number of carbonyl (C=O) groups is 1. The van der Waals surface area contributed by atoms with Crippen molar-refractivity contribution in [2.75, 3.05) is 24.9 Å². The number of azo groups is 2. The van der Waals surface area contributed by atoms with Crippen molar-refractivity contribution in [3.63, 3.8) is 0 Å². The van der Waals surface area contributed by atoms with Crippen molar-refractivity contribution in [3.8, 4) is 0 Å². The van der Waals surface area contributed by atoms with Gasteiger partial charge in [0, 0.05) is 68.4 Å². The number of hydrogen-bond donors (Lipinski definition) is 4. The van der Waals surface area contributed by atoms with E-state index in [0.717, 1.165) is 92.5 Å². The second-order valence-electron chi connectivity index (χ2n) is 13.4. The Hall–Kier alpha value is -6.21. The van der Waals surface area contributed by atoms with E-state index in [1.807, 2.05) is 125 Å². The number of aryl methyl sites for hydroxylation is 2. The minimum atomic E-state index is 0.682. The number of nitrogens with one attached hydrogen (secondary N) is 4. The van der Waals surface area contributed by atoms with Crippen LogP contribution in [-0.4, -0.2) is 56.8 Å². The van der Waals surface area contributed by atoms with Gasteiger partial charge in [-0.1, -0.05) is 90.9 Å². The van der Waals surface area contributed by atoms with Crippen LogP contribution in [0.15, 0.2) is 149 Å². The van der Waals surface area contributed by atoms with Gasteiger partial charge in [0.1, 0.15) is 0 Å². The van der Waals surface area contributed by atoms with E-state index in [1.54, 1.807) is 14.1 Å². The molecule has 0 bridgehead atoms. The standard InChI is InChI=1S/2C20H17BrN6S.C3H7NO/c2*1-12(17-11-22-18-6-4-3-5-16(17)18)24-27-20-23-13(2)19(28-20)26-25-15-9-7-14(21)8-10-15;1-4(2)3-5/h2*3-11,22H,1-2H3,(H,23,27);3H,1-2H3/b2*24-12+,26-25?;. The predicted molar refractivity (Wildman–Crippen MR) is 258 cm³/mol. The molecule has 0 saturated carbocycles. The minimum absolute atomic E-state index is 0.682. The maximum absolute atomic E-state index is 9.43. The van der Waals surface area contributed by atoms with E-state index in [4.69, 9.17) is 0 Å². The topological polar surface area (TPSA) is 176 Å². The number of thiazole rings is 2. The van der Waals surface area contributed by atoms with Crippen molar-refractivity contribution in [2.45, 2.75) is 27.7 Å². The summed E-state index contributed by atoms with van der Waals surface area (Å²) >= 11 is 9.66. The number of H-pyrrole nitrogens is 2. The summed E-state index contributed by atoms with van der Waals surface area (Å²) in [6, 6.07) is 31.7. The highest BCUT2D eigenvalue weighted by molar-refractivity contribution is 9.10. The number of aromatic amines is 2. The normalized spacial score (nSPS) is 11.7. The predicted octanol–water partition coefficient (Wildman–Crippen LogP) is 13.6. The number of rotatable bonds is 11. The van der Waals surface area contributed by atoms with Gasteiger partial charge >= 0.3 is 0 Å². The molecular weight excluding hydrogens is 939 g/mol. The van der Waals surface area contributed by atoms with Gasteiger partial charge in [-0.05, 0) is 88.4 Å². The summed E-state index contributed by atoms with van der Waals surface area (Å²) in [7, 11) is 3.38. The molecule has 14 nitrogen and oxygen atoms in total. The number of fused-ring (bicyclic) bond motifs is 2. The molecule has 0 saturated heterocycles. The van der Waals surface area contributed by atoms with Crippen molar-refractivity contribution in [1.29, 1.82) is 0 Å². The van der Waals surface area contributed by atoms with Gasteiger partial charge in [0.05, 0.1) is 34.2 Å². The van der Waals surface area contributed by atoms with E-state index in [-0.39, 0.29) is 0 Å². The molecule has 8 rings (SSSR count). The lowest BCUT2D eigenvalue weighted by Crippen LogP contribution is -2.06. The van der Waals surface area contributed by atoms with Crippen molar-refractivity contribution in [2.24, 2.45) is 30.7 Å². The van der Waals surface area contributed by atoms with E-state index < -0.39 is 0 Å². The fourth-order valence-electron chi connectivity index (χ4n) is 5.41. The third kappa shape index (κ3) is 12.4.